The first-order valence-corrected chi connectivity index (χ1v) is 23.2. The highest BCUT2D eigenvalue weighted by Gasteiger charge is 1.98. The van der Waals surface area contributed by atoms with Crippen molar-refractivity contribution in [1.29, 1.82) is 0 Å². The highest BCUT2D eigenvalue weighted by molar-refractivity contribution is 5.78. The molecule has 0 bridgehead atoms. The van der Waals surface area contributed by atoms with E-state index in [4.69, 9.17) is 18.6 Å². The fraction of sp³-hybridized carbons (Fsp3) is 0.588. The molecule has 7 nitrogen and oxygen atoms in total. The molecule has 0 unspecified atom stereocenters. The van der Waals surface area contributed by atoms with Crippen LogP contribution >= 0.6 is 0 Å². The largest absolute Gasteiger partial charge is 0.464 e. The number of piperidine rings is 1. The van der Waals surface area contributed by atoms with Gasteiger partial charge in [0.05, 0.1) is 6.26 Å². The molecule has 6 fully saturated rings. The number of aromatic amines is 1. The number of fused-ring (bicyclic) bond motifs is 2. The highest BCUT2D eigenvalue weighted by atomic mass is 16.5. The number of furan rings is 1. The molecule has 0 spiro atoms. The molecule has 2 aliphatic carbocycles. The number of nitrogens with one attached hydrogen (secondary N) is 2. The van der Waals surface area contributed by atoms with E-state index in [1.165, 1.54) is 165 Å². The number of aromatic nitrogens is 2. The summed E-state index contributed by atoms with van der Waals surface area (Å²) >= 11 is 0. The van der Waals surface area contributed by atoms with Crippen LogP contribution in [-0.4, -0.2) is 62.7 Å². The Morgan fingerprint density at radius 1 is 0.379 bits per heavy atom. The molecule has 5 aromatic rings. The van der Waals surface area contributed by atoms with Crippen LogP contribution in [0, 0.1) is 0 Å². The van der Waals surface area contributed by atoms with Gasteiger partial charge in [-0.3, -0.25) is 4.98 Å². The van der Waals surface area contributed by atoms with E-state index in [0.29, 0.717) is 0 Å². The van der Waals surface area contributed by atoms with Gasteiger partial charge in [-0.2, -0.15) is 0 Å². The van der Waals surface area contributed by atoms with Gasteiger partial charge in [-0.25, -0.2) is 0 Å². The van der Waals surface area contributed by atoms with Crippen molar-refractivity contribution in [2.75, 3.05) is 52.7 Å². The molecule has 0 atom stereocenters. The van der Waals surface area contributed by atoms with Gasteiger partial charge >= 0.3 is 0 Å². The molecule has 11 rings (SSSR count). The maximum atomic E-state index is 5.12. The molecular weight excluding hydrogens is 719 g/mol. The second-order valence-electron chi connectivity index (χ2n) is 15.4. The first-order chi connectivity index (χ1) is 28.9. The number of benzene rings is 2. The van der Waals surface area contributed by atoms with E-state index in [1.807, 2.05) is 66.9 Å². The zero-order chi connectivity index (χ0) is 40.5. The summed E-state index contributed by atoms with van der Waals surface area (Å²) in [4.78, 5) is 6.90. The average molecular weight is 798 g/mol. The molecule has 0 amide bonds. The van der Waals surface area contributed by atoms with E-state index in [9.17, 15) is 0 Å². The zero-order valence-corrected chi connectivity index (χ0v) is 36.1. The zero-order valence-electron chi connectivity index (χ0n) is 36.1. The monoisotopic (exact) mass is 798 g/mol. The molecule has 7 heterocycles. The Morgan fingerprint density at radius 2 is 0.810 bits per heavy atom. The van der Waals surface area contributed by atoms with Gasteiger partial charge < -0.3 is 28.9 Å². The van der Waals surface area contributed by atoms with Gasteiger partial charge in [-0.05, 0) is 119 Å². The summed E-state index contributed by atoms with van der Waals surface area (Å²) in [5.41, 5.74) is 2.16. The molecule has 3 aromatic heterocycles. The van der Waals surface area contributed by atoms with E-state index in [1.54, 1.807) is 18.7 Å². The first kappa shape index (κ1) is 48.9. The fourth-order valence-corrected chi connectivity index (χ4v) is 6.84. The van der Waals surface area contributed by atoms with Crippen LogP contribution in [0.5, 0.6) is 0 Å². The predicted octanol–water partition coefficient (Wildman–Crippen LogP) is 13.9. The Kier molecular flexibility index (Phi) is 31.8. The third-order valence-electron chi connectivity index (χ3n) is 10.3. The van der Waals surface area contributed by atoms with Gasteiger partial charge in [-0.1, -0.05) is 120 Å². The van der Waals surface area contributed by atoms with Crippen molar-refractivity contribution in [2.45, 2.75) is 141 Å². The number of hydrogen-bond acceptors (Lipinski definition) is 6. The lowest BCUT2D eigenvalue weighted by molar-refractivity contribution is 0.0967. The quantitative estimate of drug-likeness (QED) is 0.162. The summed E-state index contributed by atoms with van der Waals surface area (Å²) in [5, 5.41) is 5.72. The highest BCUT2D eigenvalue weighted by Crippen LogP contribution is 2.16. The maximum Gasteiger partial charge on any atom is 0.133 e. The van der Waals surface area contributed by atoms with Crippen LogP contribution in [0.2, 0.25) is 0 Å². The third kappa shape index (κ3) is 28.0. The van der Waals surface area contributed by atoms with Crippen LogP contribution < -0.4 is 5.32 Å². The minimum Gasteiger partial charge on any atom is -0.464 e. The van der Waals surface area contributed by atoms with Gasteiger partial charge in [0.15, 0.2) is 0 Å². The summed E-state index contributed by atoms with van der Waals surface area (Å²) in [5.74, 6) is 0. The van der Waals surface area contributed by atoms with Gasteiger partial charge in [0, 0.05) is 69.1 Å². The Balaban J connectivity index is 0.000000176. The van der Waals surface area contributed by atoms with Crippen LogP contribution in [0.4, 0.5) is 0 Å². The molecule has 2 aromatic carbocycles. The van der Waals surface area contributed by atoms with Crippen LogP contribution in [0.25, 0.3) is 21.9 Å². The van der Waals surface area contributed by atoms with Gasteiger partial charge in [0.25, 0.3) is 0 Å². The molecule has 2 N–H and O–H groups in total. The molecule has 4 aliphatic heterocycles. The summed E-state index contributed by atoms with van der Waals surface area (Å²) in [7, 11) is 0. The number of hydrogen-bond donors (Lipinski definition) is 2. The molecule has 2 saturated carbocycles. The van der Waals surface area contributed by atoms with E-state index in [0.717, 1.165) is 50.6 Å². The van der Waals surface area contributed by atoms with Crippen molar-refractivity contribution < 1.29 is 18.6 Å². The molecule has 58 heavy (non-hydrogen) atoms. The molecule has 7 heteroatoms. The number of H-pyrrole nitrogens is 1. The Hall–Kier alpha value is -3.49. The Morgan fingerprint density at radius 3 is 1.16 bits per heavy atom. The van der Waals surface area contributed by atoms with Crippen molar-refractivity contribution in [3.05, 3.63) is 104 Å². The molecule has 0 radical (unpaired) electrons. The van der Waals surface area contributed by atoms with Gasteiger partial charge in [0.1, 0.15) is 5.58 Å². The molecule has 4 saturated heterocycles. The van der Waals surface area contributed by atoms with Gasteiger partial charge in [0.2, 0.25) is 0 Å². The lowest BCUT2D eigenvalue weighted by Gasteiger charge is -2.08. The Bertz CT molecular complexity index is 1240. The summed E-state index contributed by atoms with van der Waals surface area (Å²) in [6.07, 6.45) is 38.3. The average Bonchev–Trinajstić information content (AvgIpc) is 4.21. The van der Waals surface area contributed by atoms with Crippen LogP contribution in [-0.2, 0) is 14.2 Å². The number of rotatable bonds is 0. The van der Waals surface area contributed by atoms with Crippen molar-refractivity contribution >= 4 is 21.9 Å². The van der Waals surface area contributed by atoms with E-state index < -0.39 is 0 Å². The van der Waals surface area contributed by atoms with Crippen molar-refractivity contribution in [1.82, 2.24) is 15.3 Å². The topological polar surface area (TPSA) is 81.5 Å². The van der Waals surface area contributed by atoms with E-state index in [2.05, 4.69) is 33.5 Å². The van der Waals surface area contributed by atoms with Crippen LogP contribution in [0.15, 0.2) is 108 Å². The minimum atomic E-state index is 0.956. The lowest BCUT2D eigenvalue weighted by Crippen LogP contribution is -2.21. The standard InChI is InChI=1S/C8H7N.C8H6O.C6H12.C5H11N.C5H5N.2C5H10O.C5H10.C4H8O/c2*1-2-4-8-7(3-1)5-6-9-8;5*1-2-4-6-5-3-1;2*1-2-4-5-3-1/h1-6,9H;1-6H;1-6H2;6H,1-5H2;1-5H;2*1-5H2;1-5H2;1-4H2. The van der Waals surface area contributed by atoms with E-state index >= 15 is 0 Å². The Labute approximate surface area is 352 Å². The third-order valence-corrected chi connectivity index (χ3v) is 10.3. The predicted molar refractivity (Wildman–Crippen MR) is 246 cm³/mol. The number of nitrogens with zero attached hydrogens (tertiary/aromatic N) is 1. The van der Waals surface area contributed by atoms with Crippen molar-refractivity contribution in [3.8, 4) is 0 Å². The van der Waals surface area contributed by atoms with Gasteiger partial charge in [-0.15, -0.1) is 0 Å². The minimum absolute atomic E-state index is 0.956. The summed E-state index contributed by atoms with van der Waals surface area (Å²) < 4.78 is 20.2. The smallest absolute Gasteiger partial charge is 0.133 e. The molecular formula is C51H79N3O4. The van der Waals surface area contributed by atoms with Crippen LogP contribution in [0.1, 0.15) is 141 Å². The maximum absolute atomic E-state index is 5.12. The summed E-state index contributed by atoms with van der Waals surface area (Å²) in [6, 6.07) is 25.9. The number of pyridine rings is 1. The van der Waals surface area contributed by atoms with Crippen LogP contribution in [0.3, 0.4) is 0 Å². The number of para-hydroxylation sites is 2. The SMILES string of the molecule is C1CCCC1.C1CCCCC1.C1CCNCC1.C1CCOC1.C1CCOCC1.C1CCOCC1.c1ccc2[nH]ccc2c1.c1ccc2occc2c1.c1ccncc1. The van der Waals surface area contributed by atoms with Crippen molar-refractivity contribution in [3.63, 3.8) is 0 Å². The van der Waals surface area contributed by atoms with Crippen molar-refractivity contribution in [2.24, 2.45) is 0 Å². The summed E-state index contributed by atoms with van der Waals surface area (Å²) in [6.45, 7) is 8.50. The van der Waals surface area contributed by atoms with E-state index in [-0.39, 0.29) is 0 Å². The normalized spacial score (nSPS) is 18.1. The second-order valence-corrected chi connectivity index (χ2v) is 15.4. The number of ether oxygens (including phenoxy) is 3. The second kappa shape index (κ2) is 37.8. The lowest BCUT2D eigenvalue weighted by atomic mass is 10.0. The molecule has 6 aliphatic rings. The fourth-order valence-electron chi connectivity index (χ4n) is 6.84. The molecule has 322 valence electrons. The first-order valence-electron chi connectivity index (χ1n) is 23.2.